The molecule has 0 bridgehead atoms. The minimum Gasteiger partial charge on any atom is -0.264 e. The van der Waals surface area contributed by atoms with Gasteiger partial charge in [0, 0.05) is 26.0 Å². The van der Waals surface area contributed by atoms with Crippen LogP contribution in [0.4, 0.5) is 0 Å². The van der Waals surface area contributed by atoms with Crippen molar-refractivity contribution in [2.45, 2.75) is 10.8 Å². The Morgan fingerprint density at radius 2 is 2.17 bits per heavy atom. The third kappa shape index (κ3) is 2.89. The number of thiophene rings is 1. The molecule has 4 nitrogen and oxygen atoms in total. The molecule has 18 heavy (non-hydrogen) atoms. The van der Waals surface area contributed by atoms with E-state index in [1.54, 1.807) is 24.5 Å². The zero-order chi connectivity index (χ0) is 13.2. The molecule has 0 spiro atoms. The summed E-state index contributed by atoms with van der Waals surface area (Å²) in [5, 5.41) is 0. The van der Waals surface area contributed by atoms with Gasteiger partial charge in [0.1, 0.15) is 4.21 Å². The second-order valence-electron chi connectivity index (χ2n) is 3.68. The van der Waals surface area contributed by atoms with Gasteiger partial charge >= 0.3 is 0 Å². The zero-order valence-electron chi connectivity index (χ0n) is 9.58. The Kier molecular flexibility index (Phi) is 4.01. The molecular weight excluding hydrogens is 292 g/mol. The number of pyridine rings is 1. The van der Waals surface area contributed by atoms with E-state index in [2.05, 4.69) is 4.98 Å². The third-order valence-corrected chi connectivity index (χ3v) is 5.84. The van der Waals surface area contributed by atoms with E-state index in [1.807, 2.05) is 6.07 Å². The number of rotatable bonds is 4. The van der Waals surface area contributed by atoms with Crippen molar-refractivity contribution in [2.24, 2.45) is 0 Å². The lowest BCUT2D eigenvalue weighted by Crippen LogP contribution is -2.25. The minimum atomic E-state index is -3.48. The van der Waals surface area contributed by atoms with Gasteiger partial charge in [0.2, 0.25) is 0 Å². The molecule has 0 aliphatic heterocycles. The molecule has 0 unspecified atom stereocenters. The van der Waals surface area contributed by atoms with Crippen LogP contribution in [0.25, 0.3) is 0 Å². The highest BCUT2D eigenvalue weighted by Crippen LogP contribution is 2.28. The Morgan fingerprint density at radius 1 is 1.39 bits per heavy atom. The van der Waals surface area contributed by atoms with E-state index in [4.69, 9.17) is 11.6 Å². The van der Waals surface area contributed by atoms with Gasteiger partial charge in [-0.3, -0.25) is 4.98 Å². The molecule has 0 amide bonds. The summed E-state index contributed by atoms with van der Waals surface area (Å²) in [6.07, 6.45) is 3.30. The fraction of sp³-hybridized carbons (Fsp3) is 0.182. The summed E-state index contributed by atoms with van der Waals surface area (Å²) < 4.78 is 26.4. The van der Waals surface area contributed by atoms with Gasteiger partial charge in [-0.05, 0) is 23.8 Å². The highest BCUT2D eigenvalue weighted by Gasteiger charge is 2.22. The molecule has 0 atom stereocenters. The van der Waals surface area contributed by atoms with Crippen molar-refractivity contribution < 1.29 is 8.42 Å². The van der Waals surface area contributed by atoms with E-state index in [-0.39, 0.29) is 10.8 Å². The summed E-state index contributed by atoms with van der Waals surface area (Å²) in [5.41, 5.74) is 0.839. The maximum absolute atomic E-state index is 12.2. The Morgan fingerprint density at radius 3 is 2.72 bits per heavy atom. The van der Waals surface area contributed by atoms with Crippen LogP contribution in [0, 0.1) is 0 Å². The molecule has 96 valence electrons. The fourth-order valence-electron chi connectivity index (χ4n) is 1.42. The number of nitrogens with zero attached hydrogens (tertiary/aromatic N) is 2. The molecule has 0 aromatic carbocycles. The summed E-state index contributed by atoms with van der Waals surface area (Å²) >= 11 is 6.81. The van der Waals surface area contributed by atoms with Crippen molar-refractivity contribution in [3.05, 3.63) is 46.6 Å². The Bertz CT molecular complexity index is 626. The largest absolute Gasteiger partial charge is 0.264 e. The number of hydrogen-bond donors (Lipinski definition) is 0. The second kappa shape index (κ2) is 5.36. The van der Waals surface area contributed by atoms with Crippen LogP contribution in [0.3, 0.4) is 0 Å². The average molecular weight is 303 g/mol. The van der Waals surface area contributed by atoms with Gasteiger partial charge < -0.3 is 0 Å². The van der Waals surface area contributed by atoms with Crippen molar-refractivity contribution >= 4 is 33.0 Å². The van der Waals surface area contributed by atoms with Crippen LogP contribution in [0.5, 0.6) is 0 Å². The van der Waals surface area contributed by atoms with Gasteiger partial charge in [-0.2, -0.15) is 4.31 Å². The number of halogens is 1. The second-order valence-corrected chi connectivity index (χ2v) is 7.67. The molecule has 0 saturated heterocycles. The van der Waals surface area contributed by atoms with Crippen LogP contribution >= 0.6 is 22.9 Å². The molecule has 2 aromatic rings. The van der Waals surface area contributed by atoms with Crippen LogP contribution < -0.4 is 0 Å². The lowest BCUT2D eigenvalue weighted by Gasteiger charge is -2.15. The molecule has 0 aliphatic carbocycles. The van der Waals surface area contributed by atoms with Crippen molar-refractivity contribution in [1.29, 1.82) is 0 Å². The highest BCUT2D eigenvalue weighted by atomic mass is 35.5. The molecule has 0 N–H and O–H groups in total. The third-order valence-electron chi connectivity index (χ3n) is 2.34. The van der Waals surface area contributed by atoms with Gasteiger partial charge in [0.05, 0.1) is 4.34 Å². The van der Waals surface area contributed by atoms with Gasteiger partial charge in [-0.15, -0.1) is 11.3 Å². The lowest BCUT2D eigenvalue weighted by atomic mass is 10.3. The maximum Gasteiger partial charge on any atom is 0.252 e. The first-order chi connectivity index (χ1) is 8.50. The molecule has 2 aromatic heterocycles. The van der Waals surface area contributed by atoms with Gasteiger partial charge in [0.15, 0.2) is 0 Å². The molecule has 2 rings (SSSR count). The Hall–Kier alpha value is -0.950. The first-order valence-electron chi connectivity index (χ1n) is 5.11. The molecule has 0 radical (unpaired) electrons. The summed E-state index contributed by atoms with van der Waals surface area (Å²) in [4.78, 5) is 3.96. The van der Waals surface area contributed by atoms with Gasteiger partial charge in [-0.1, -0.05) is 17.7 Å². The quantitative estimate of drug-likeness (QED) is 0.872. The van der Waals surface area contributed by atoms with Crippen molar-refractivity contribution in [3.63, 3.8) is 0 Å². The standard InChI is InChI=1S/C11H11ClN2O2S2/c1-14(8-9-3-2-6-13-7-9)18(15,16)11-5-4-10(12)17-11/h2-7H,8H2,1H3. The van der Waals surface area contributed by atoms with E-state index in [0.29, 0.717) is 4.34 Å². The predicted octanol–water partition coefficient (Wildman–Crippen LogP) is 2.62. The summed E-state index contributed by atoms with van der Waals surface area (Å²) in [6.45, 7) is 0.283. The normalized spacial score (nSPS) is 11.9. The molecule has 7 heteroatoms. The smallest absolute Gasteiger partial charge is 0.252 e. The van der Waals surface area contributed by atoms with E-state index >= 15 is 0 Å². The van der Waals surface area contributed by atoms with Crippen LogP contribution in [0.1, 0.15) is 5.56 Å². The molecule has 0 aliphatic rings. The Balaban J connectivity index is 2.21. The highest BCUT2D eigenvalue weighted by molar-refractivity contribution is 7.91. The monoisotopic (exact) mass is 302 g/mol. The topological polar surface area (TPSA) is 50.3 Å². The maximum atomic E-state index is 12.2. The first-order valence-corrected chi connectivity index (χ1v) is 7.74. The van der Waals surface area contributed by atoms with Crippen LogP contribution in [0.15, 0.2) is 40.9 Å². The number of aromatic nitrogens is 1. The molecule has 0 saturated carbocycles. The zero-order valence-corrected chi connectivity index (χ0v) is 12.0. The summed E-state index contributed by atoms with van der Waals surface area (Å²) in [7, 11) is -1.94. The van der Waals surface area contributed by atoms with Crippen molar-refractivity contribution in [2.75, 3.05) is 7.05 Å². The van der Waals surface area contributed by atoms with E-state index < -0.39 is 10.0 Å². The number of sulfonamides is 1. The van der Waals surface area contributed by atoms with E-state index in [9.17, 15) is 8.42 Å². The lowest BCUT2D eigenvalue weighted by molar-refractivity contribution is 0.468. The van der Waals surface area contributed by atoms with E-state index in [0.717, 1.165) is 16.9 Å². The van der Waals surface area contributed by atoms with E-state index in [1.165, 1.54) is 17.4 Å². The molecule has 2 heterocycles. The first kappa shape index (κ1) is 13.5. The fourth-order valence-corrected chi connectivity index (χ4v) is 4.28. The predicted molar refractivity (Wildman–Crippen MR) is 72.2 cm³/mol. The van der Waals surface area contributed by atoms with Crippen LogP contribution in [-0.4, -0.2) is 24.8 Å². The van der Waals surface area contributed by atoms with Gasteiger partial charge in [0.25, 0.3) is 10.0 Å². The summed E-state index contributed by atoms with van der Waals surface area (Å²) in [5.74, 6) is 0. The Labute approximate surface area is 115 Å². The van der Waals surface area contributed by atoms with Crippen LogP contribution in [0.2, 0.25) is 4.34 Å². The average Bonchev–Trinajstić information content (AvgIpc) is 2.78. The molecule has 0 fully saturated rings. The van der Waals surface area contributed by atoms with Crippen LogP contribution in [-0.2, 0) is 16.6 Å². The van der Waals surface area contributed by atoms with Crippen molar-refractivity contribution in [3.8, 4) is 0 Å². The van der Waals surface area contributed by atoms with Crippen molar-refractivity contribution in [1.82, 2.24) is 9.29 Å². The minimum absolute atomic E-state index is 0.249. The molecular formula is C11H11ClN2O2S2. The summed E-state index contributed by atoms with van der Waals surface area (Å²) in [6, 6.07) is 6.71. The number of hydrogen-bond acceptors (Lipinski definition) is 4. The van der Waals surface area contributed by atoms with Gasteiger partial charge in [-0.25, -0.2) is 8.42 Å². The SMILES string of the molecule is CN(Cc1cccnc1)S(=O)(=O)c1ccc(Cl)s1.